The van der Waals surface area contributed by atoms with Crippen LogP contribution in [0.15, 0.2) is 18.6 Å². The van der Waals surface area contributed by atoms with E-state index in [9.17, 15) is 4.79 Å². The second kappa shape index (κ2) is 4.99. The fourth-order valence-corrected chi connectivity index (χ4v) is 2.58. The summed E-state index contributed by atoms with van der Waals surface area (Å²) in [5, 5.41) is 3.21. The fourth-order valence-electron chi connectivity index (χ4n) is 2.58. The molecule has 1 amide bonds. The predicted octanol–water partition coefficient (Wildman–Crippen LogP) is 0.473. The molecule has 0 radical (unpaired) electrons. The molecule has 1 aliphatic rings. The number of hydrogen-bond acceptors (Lipinski definition) is 5. The summed E-state index contributed by atoms with van der Waals surface area (Å²) >= 11 is 0. The van der Waals surface area contributed by atoms with Crippen LogP contribution in [0.3, 0.4) is 0 Å². The second-order valence-electron chi connectivity index (χ2n) is 4.97. The normalized spacial score (nSPS) is 18.6. The lowest BCUT2D eigenvalue weighted by molar-refractivity contribution is -0.121. The highest BCUT2D eigenvalue weighted by atomic mass is 16.1. The predicted molar refractivity (Wildman–Crippen MR) is 76.7 cm³/mol. The van der Waals surface area contributed by atoms with Crippen LogP contribution in [0, 0.1) is 5.92 Å². The lowest BCUT2D eigenvalue weighted by Gasteiger charge is -2.18. The van der Waals surface area contributed by atoms with E-state index in [4.69, 9.17) is 5.73 Å². The van der Waals surface area contributed by atoms with Crippen molar-refractivity contribution in [2.75, 3.05) is 29.9 Å². The largest absolute Gasteiger partial charge is 0.369 e. The van der Waals surface area contributed by atoms with E-state index in [0.29, 0.717) is 6.54 Å². The Morgan fingerprint density at radius 3 is 3.15 bits per heavy atom. The molecule has 20 heavy (non-hydrogen) atoms. The first-order valence-corrected chi connectivity index (χ1v) is 6.81. The van der Waals surface area contributed by atoms with Gasteiger partial charge in [0.05, 0.1) is 12.1 Å². The van der Waals surface area contributed by atoms with Crippen LogP contribution < -0.4 is 16.0 Å². The van der Waals surface area contributed by atoms with Gasteiger partial charge in [0.15, 0.2) is 11.5 Å². The van der Waals surface area contributed by atoms with Crippen molar-refractivity contribution in [2.45, 2.75) is 13.3 Å². The molecule has 0 bridgehead atoms. The van der Waals surface area contributed by atoms with Crippen LogP contribution in [0.25, 0.3) is 5.65 Å². The second-order valence-corrected chi connectivity index (χ2v) is 4.97. The fraction of sp³-hybridized carbons (Fsp3) is 0.462. The number of hydrogen-bond donors (Lipinski definition) is 2. The molecule has 1 unspecified atom stereocenters. The maximum Gasteiger partial charge on any atom is 0.222 e. The van der Waals surface area contributed by atoms with Crippen molar-refractivity contribution in [3.63, 3.8) is 0 Å². The first-order chi connectivity index (χ1) is 9.69. The van der Waals surface area contributed by atoms with Crippen LogP contribution in [-0.2, 0) is 4.79 Å². The Labute approximate surface area is 116 Å². The number of primary amides is 1. The number of carbonyl (C=O) groups is 1. The minimum atomic E-state index is -0.241. The van der Waals surface area contributed by atoms with Gasteiger partial charge in [0.25, 0.3) is 0 Å². The number of carbonyl (C=O) groups excluding carboxylic acids is 1. The number of anilines is 2. The molecular weight excluding hydrogens is 256 g/mol. The molecule has 7 heteroatoms. The monoisotopic (exact) mass is 274 g/mol. The molecule has 1 atom stereocenters. The number of aromatic nitrogens is 3. The maximum atomic E-state index is 11.3. The first kappa shape index (κ1) is 12.7. The summed E-state index contributed by atoms with van der Waals surface area (Å²) in [7, 11) is 0. The van der Waals surface area contributed by atoms with Crippen molar-refractivity contribution in [3.8, 4) is 0 Å². The SMILES string of the molecule is CCNc1cn2ccnc2c(N2CCC(C(N)=O)C2)n1. The van der Waals surface area contributed by atoms with Crippen LogP contribution in [0.5, 0.6) is 0 Å². The Balaban J connectivity index is 1.97. The molecule has 0 aliphatic carbocycles. The smallest absolute Gasteiger partial charge is 0.222 e. The number of rotatable bonds is 4. The van der Waals surface area contributed by atoms with E-state index in [1.807, 2.05) is 23.7 Å². The number of nitrogens with zero attached hydrogens (tertiary/aromatic N) is 4. The van der Waals surface area contributed by atoms with Gasteiger partial charge in [-0.05, 0) is 13.3 Å². The standard InChI is InChI=1S/C13H18N6O/c1-2-15-10-8-19-6-4-16-12(19)13(17-10)18-5-3-9(7-18)11(14)20/h4,6,8-9,15H,2-3,5,7H2,1H3,(H2,14,20). The van der Waals surface area contributed by atoms with Crippen molar-refractivity contribution >= 4 is 23.2 Å². The summed E-state index contributed by atoms with van der Waals surface area (Å²) < 4.78 is 1.94. The van der Waals surface area contributed by atoms with Gasteiger partial charge < -0.3 is 20.4 Å². The summed E-state index contributed by atoms with van der Waals surface area (Å²) in [5.74, 6) is 1.26. The summed E-state index contributed by atoms with van der Waals surface area (Å²) in [6.45, 7) is 4.22. The minimum absolute atomic E-state index is 0.102. The van der Waals surface area contributed by atoms with Crippen LogP contribution in [-0.4, -0.2) is 39.9 Å². The van der Waals surface area contributed by atoms with Crippen molar-refractivity contribution in [1.82, 2.24) is 14.4 Å². The molecule has 1 aliphatic heterocycles. The van der Waals surface area contributed by atoms with Crippen molar-refractivity contribution in [1.29, 1.82) is 0 Å². The Hall–Kier alpha value is -2.31. The first-order valence-electron chi connectivity index (χ1n) is 6.81. The molecule has 1 fully saturated rings. The molecule has 0 aromatic carbocycles. The Morgan fingerprint density at radius 1 is 1.60 bits per heavy atom. The Kier molecular flexibility index (Phi) is 3.17. The van der Waals surface area contributed by atoms with Crippen LogP contribution in [0.1, 0.15) is 13.3 Å². The third-order valence-electron chi connectivity index (χ3n) is 3.60. The lowest BCUT2D eigenvalue weighted by Crippen LogP contribution is -2.28. The molecule has 2 aromatic heterocycles. The zero-order valence-corrected chi connectivity index (χ0v) is 11.4. The third kappa shape index (κ3) is 2.15. The minimum Gasteiger partial charge on any atom is -0.369 e. The van der Waals surface area contributed by atoms with Crippen LogP contribution >= 0.6 is 0 Å². The molecule has 106 valence electrons. The maximum absolute atomic E-state index is 11.3. The van der Waals surface area contributed by atoms with E-state index in [1.54, 1.807) is 6.20 Å². The van der Waals surface area contributed by atoms with E-state index in [0.717, 1.165) is 36.8 Å². The van der Waals surface area contributed by atoms with Gasteiger partial charge in [0, 0.05) is 32.0 Å². The molecule has 0 spiro atoms. The van der Waals surface area contributed by atoms with Gasteiger partial charge in [-0.15, -0.1) is 0 Å². The number of nitrogens with two attached hydrogens (primary N) is 1. The Morgan fingerprint density at radius 2 is 2.45 bits per heavy atom. The summed E-state index contributed by atoms with van der Waals surface area (Å²) in [6, 6.07) is 0. The summed E-state index contributed by atoms with van der Waals surface area (Å²) in [6.07, 6.45) is 6.33. The molecule has 1 saturated heterocycles. The van der Waals surface area contributed by atoms with Gasteiger partial charge in [-0.3, -0.25) is 4.79 Å². The van der Waals surface area contributed by atoms with E-state index in [2.05, 4.69) is 20.2 Å². The number of nitrogens with one attached hydrogen (secondary N) is 1. The van der Waals surface area contributed by atoms with Crippen molar-refractivity contribution in [3.05, 3.63) is 18.6 Å². The highest BCUT2D eigenvalue weighted by Gasteiger charge is 2.29. The van der Waals surface area contributed by atoms with E-state index in [1.165, 1.54) is 0 Å². The van der Waals surface area contributed by atoms with Crippen LogP contribution in [0.4, 0.5) is 11.6 Å². The third-order valence-corrected chi connectivity index (χ3v) is 3.60. The quantitative estimate of drug-likeness (QED) is 0.846. The van der Waals surface area contributed by atoms with Gasteiger partial charge in [-0.2, -0.15) is 0 Å². The highest BCUT2D eigenvalue weighted by Crippen LogP contribution is 2.26. The van der Waals surface area contributed by atoms with Gasteiger partial charge in [-0.1, -0.05) is 0 Å². The molecular formula is C13H18N6O. The van der Waals surface area contributed by atoms with Gasteiger partial charge >= 0.3 is 0 Å². The zero-order valence-electron chi connectivity index (χ0n) is 11.4. The molecule has 3 N–H and O–H groups in total. The van der Waals surface area contributed by atoms with Crippen LogP contribution in [0.2, 0.25) is 0 Å². The molecule has 3 heterocycles. The van der Waals surface area contributed by atoms with Gasteiger partial charge in [-0.25, -0.2) is 9.97 Å². The molecule has 0 saturated carbocycles. The van der Waals surface area contributed by atoms with Crippen molar-refractivity contribution in [2.24, 2.45) is 11.7 Å². The summed E-state index contributed by atoms with van der Waals surface area (Å²) in [5.41, 5.74) is 6.19. The van der Waals surface area contributed by atoms with E-state index >= 15 is 0 Å². The van der Waals surface area contributed by atoms with Gasteiger partial charge in [0.1, 0.15) is 5.82 Å². The molecule has 2 aromatic rings. The average Bonchev–Trinajstić information content (AvgIpc) is 3.07. The number of fused-ring (bicyclic) bond motifs is 1. The zero-order chi connectivity index (χ0) is 14.1. The number of imidazole rings is 1. The number of amides is 1. The summed E-state index contributed by atoms with van der Waals surface area (Å²) in [4.78, 5) is 22.4. The average molecular weight is 274 g/mol. The molecule has 7 nitrogen and oxygen atoms in total. The van der Waals surface area contributed by atoms with E-state index < -0.39 is 0 Å². The topological polar surface area (TPSA) is 88.5 Å². The highest BCUT2D eigenvalue weighted by molar-refractivity contribution is 5.79. The molecule has 3 rings (SSSR count). The van der Waals surface area contributed by atoms with Gasteiger partial charge in [0.2, 0.25) is 5.91 Å². The Bertz CT molecular complexity index is 637. The van der Waals surface area contributed by atoms with E-state index in [-0.39, 0.29) is 11.8 Å². The van der Waals surface area contributed by atoms with Crippen molar-refractivity contribution < 1.29 is 4.79 Å². The lowest BCUT2D eigenvalue weighted by atomic mass is 10.1.